The van der Waals surface area contributed by atoms with Crippen molar-refractivity contribution in [3.05, 3.63) is 35.2 Å². The lowest BCUT2D eigenvalue weighted by Crippen LogP contribution is -1.94. The van der Waals surface area contributed by atoms with Gasteiger partial charge < -0.3 is 9.47 Å². The van der Waals surface area contributed by atoms with E-state index in [1.807, 2.05) is 12.1 Å². The van der Waals surface area contributed by atoms with E-state index in [9.17, 15) is 0 Å². The highest BCUT2D eigenvalue weighted by Gasteiger charge is 2.16. The van der Waals surface area contributed by atoms with E-state index in [-0.39, 0.29) is 0 Å². The summed E-state index contributed by atoms with van der Waals surface area (Å²) in [6.07, 6.45) is 2.36. The smallest absolute Gasteiger partial charge is 0.182 e. The molecule has 1 aliphatic rings. The van der Waals surface area contributed by atoms with Crippen LogP contribution in [0.15, 0.2) is 24.5 Å². The summed E-state index contributed by atoms with van der Waals surface area (Å²) in [6.45, 7) is 0.737. The average molecular weight is 263 g/mol. The molecule has 1 aromatic heterocycles. The Morgan fingerprint density at radius 1 is 1.33 bits per heavy atom. The molecule has 1 aromatic carbocycles. The number of benzene rings is 1. The Morgan fingerprint density at radius 2 is 2.22 bits per heavy atom. The summed E-state index contributed by atoms with van der Waals surface area (Å²) in [5.41, 5.74) is 2.84. The Labute approximate surface area is 110 Å². The van der Waals surface area contributed by atoms with Crippen LogP contribution in [0.2, 0.25) is 5.15 Å². The molecule has 1 aliphatic heterocycles. The monoisotopic (exact) mass is 262 g/mol. The minimum absolute atomic E-state index is 0.319. The molecule has 0 fully saturated rings. The van der Waals surface area contributed by atoms with Gasteiger partial charge in [-0.1, -0.05) is 11.6 Å². The summed E-state index contributed by atoms with van der Waals surface area (Å²) in [6, 6.07) is 5.96. The Kier molecular flexibility index (Phi) is 2.80. The second-order valence-corrected chi connectivity index (χ2v) is 4.33. The van der Waals surface area contributed by atoms with E-state index in [1.54, 1.807) is 7.11 Å². The van der Waals surface area contributed by atoms with E-state index < -0.39 is 0 Å². The molecule has 92 valence electrons. The highest BCUT2D eigenvalue weighted by molar-refractivity contribution is 6.31. The largest absolute Gasteiger partial charge is 0.493 e. The number of halogens is 1. The molecular weight excluding hydrogens is 252 g/mol. The van der Waals surface area contributed by atoms with Gasteiger partial charge in [0.05, 0.1) is 13.7 Å². The molecule has 0 atom stereocenters. The number of ether oxygens (including phenoxy) is 2. The Morgan fingerprint density at radius 3 is 3.06 bits per heavy atom. The maximum Gasteiger partial charge on any atom is 0.182 e. The molecule has 5 heteroatoms. The lowest BCUT2D eigenvalue weighted by Gasteiger charge is -2.09. The summed E-state index contributed by atoms with van der Waals surface area (Å²) < 4.78 is 10.7. The maximum absolute atomic E-state index is 6.00. The van der Waals surface area contributed by atoms with Crippen molar-refractivity contribution < 1.29 is 9.47 Å². The number of nitrogens with zero attached hydrogens (tertiary/aromatic N) is 2. The highest BCUT2D eigenvalue weighted by atomic mass is 35.5. The third-order valence-corrected chi connectivity index (χ3v) is 3.20. The van der Waals surface area contributed by atoms with E-state index in [0.29, 0.717) is 16.6 Å². The number of methoxy groups -OCH3 is 1. The van der Waals surface area contributed by atoms with Crippen molar-refractivity contribution in [3.8, 4) is 22.8 Å². The Hall–Kier alpha value is -1.81. The van der Waals surface area contributed by atoms with Crippen molar-refractivity contribution in [2.24, 2.45) is 0 Å². The molecular formula is C13H11ClN2O2. The second kappa shape index (κ2) is 4.46. The predicted octanol–water partition coefficient (Wildman–Crippen LogP) is 2.74. The fraction of sp³-hybridized carbons (Fsp3) is 0.231. The minimum atomic E-state index is 0.319. The molecule has 0 N–H and O–H groups in total. The molecule has 0 radical (unpaired) electrons. The zero-order valence-electron chi connectivity index (χ0n) is 9.81. The van der Waals surface area contributed by atoms with E-state index in [2.05, 4.69) is 16.0 Å². The van der Waals surface area contributed by atoms with Gasteiger partial charge in [-0.05, 0) is 23.8 Å². The summed E-state index contributed by atoms with van der Waals surface area (Å²) in [5, 5.41) is 0.319. The van der Waals surface area contributed by atoms with Crippen molar-refractivity contribution >= 4 is 11.6 Å². The van der Waals surface area contributed by atoms with Crippen LogP contribution in [0.3, 0.4) is 0 Å². The fourth-order valence-corrected chi connectivity index (χ4v) is 2.28. The highest BCUT2D eigenvalue weighted by Crippen LogP contribution is 2.35. The number of fused-ring (bicyclic) bond motifs is 1. The first kappa shape index (κ1) is 11.3. The average Bonchev–Trinajstić information content (AvgIpc) is 2.85. The van der Waals surface area contributed by atoms with Crippen molar-refractivity contribution in [2.45, 2.75) is 6.42 Å². The topological polar surface area (TPSA) is 44.2 Å². The van der Waals surface area contributed by atoms with Crippen LogP contribution in [-0.2, 0) is 6.42 Å². The quantitative estimate of drug-likeness (QED) is 0.781. The van der Waals surface area contributed by atoms with Crippen LogP contribution in [0.1, 0.15) is 5.56 Å². The third-order valence-electron chi connectivity index (χ3n) is 2.93. The molecule has 0 saturated heterocycles. The molecule has 2 heterocycles. The molecule has 0 saturated carbocycles. The molecule has 0 unspecified atom stereocenters. The van der Waals surface area contributed by atoms with Crippen molar-refractivity contribution in [2.75, 3.05) is 13.7 Å². The lowest BCUT2D eigenvalue weighted by molar-refractivity contribution is 0.357. The Balaban J connectivity index is 2.12. The lowest BCUT2D eigenvalue weighted by atomic mass is 10.1. The summed E-state index contributed by atoms with van der Waals surface area (Å²) in [5.74, 6) is 1.44. The van der Waals surface area contributed by atoms with Crippen LogP contribution >= 0.6 is 11.6 Å². The molecule has 0 aliphatic carbocycles. The van der Waals surface area contributed by atoms with Crippen molar-refractivity contribution in [3.63, 3.8) is 0 Å². The third kappa shape index (κ3) is 1.78. The van der Waals surface area contributed by atoms with Crippen LogP contribution in [0, 0.1) is 0 Å². The number of hydrogen-bond acceptors (Lipinski definition) is 4. The first-order valence-corrected chi connectivity index (χ1v) is 5.98. The zero-order valence-corrected chi connectivity index (χ0v) is 10.6. The number of hydrogen-bond donors (Lipinski definition) is 0. The maximum atomic E-state index is 6.00. The second-order valence-electron chi connectivity index (χ2n) is 3.97. The molecule has 4 nitrogen and oxygen atoms in total. The molecule has 0 amide bonds. The number of rotatable bonds is 2. The summed E-state index contributed by atoms with van der Waals surface area (Å²) >= 11 is 6.00. The van der Waals surface area contributed by atoms with Gasteiger partial charge in [-0.2, -0.15) is 0 Å². The van der Waals surface area contributed by atoms with E-state index in [0.717, 1.165) is 24.3 Å². The van der Waals surface area contributed by atoms with Crippen LogP contribution in [0.25, 0.3) is 11.3 Å². The van der Waals surface area contributed by atoms with Crippen LogP contribution in [0.4, 0.5) is 0 Å². The minimum Gasteiger partial charge on any atom is -0.493 e. The van der Waals surface area contributed by atoms with Crippen LogP contribution < -0.4 is 9.47 Å². The normalized spacial score (nSPS) is 13.0. The van der Waals surface area contributed by atoms with Gasteiger partial charge in [0, 0.05) is 12.0 Å². The first-order valence-electron chi connectivity index (χ1n) is 5.60. The van der Waals surface area contributed by atoms with E-state index in [1.165, 1.54) is 11.9 Å². The van der Waals surface area contributed by atoms with E-state index in [4.69, 9.17) is 21.1 Å². The fourth-order valence-electron chi connectivity index (χ4n) is 2.07. The van der Waals surface area contributed by atoms with Gasteiger partial charge in [-0.15, -0.1) is 0 Å². The molecule has 0 bridgehead atoms. The molecule has 0 spiro atoms. The van der Waals surface area contributed by atoms with Gasteiger partial charge in [-0.3, -0.25) is 0 Å². The SMILES string of the molecule is COc1c(Cl)ncnc1-c1ccc2c(c1)CCO2. The van der Waals surface area contributed by atoms with E-state index >= 15 is 0 Å². The van der Waals surface area contributed by atoms with Gasteiger partial charge in [0.25, 0.3) is 0 Å². The van der Waals surface area contributed by atoms with Gasteiger partial charge in [-0.25, -0.2) is 9.97 Å². The standard InChI is InChI=1S/C13H11ClN2O2/c1-17-12-11(15-7-16-13(12)14)9-2-3-10-8(6-9)4-5-18-10/h2-3,6-7H,4-5H2,1H3. The summed E-state index contributed by atoms with van der Waals surface area (Å²) in [7, 11) is 1.56. The van der Waals surface area contributed by atoms with Crippen molar-refractivity contribution in [1.82, 2.24) is 9.97 Å². The van der Waals surface area contributed by atoms with Gasteiger partial charge >= 0.3 is 0 Å². The predicted molar refractivity (Wildman–Crippen MR) is 68.2 cm³/mol. The summed E-state index contributed by atoms with van der Waals surface area (Å²) in [4.78, 5) is 8.16. The zero-order chi connectivity index (χ0) is 12.5. The van der Waals surface area contributed by atoms with Gasteiger partial charge in [0.2, 0.25) is 0 Å². The number of aromatic nitrogens is 2. The Bertz CT molecular complexity index is 602. The molecule has 2 aromatic rings. The van der Waals surface area contributed by atoms with Crippen molar-refractivity contribution in [1.29, 1.82) is 0 Å². The first-order chi connectivity index (χ1) is 8.79. The molecule has 3 rings (SSSR count). The van der Waals surface area contributed by atoms with Gasteiger partial charge in [0.15, 0.2) is 10.9 Å². The molecule has 18 heavy (non-hydrogen) atoms. The van der Waals surface area contributed by atoms with Crippen LogP contribution in [0.5, 0.6) is 11.5 Å². The van der Waals surface area contributed by atoms with Gasteiger partial charge in [0.1, 0.15) is 17.8 Å². The van der Waals surface area contributed by atoms with Crippen LogP contribution in [-0.4, -0.2) is 23.7 Å².